The molecule has 11 nitrogen and oxygen atoms in total. The molecule has 0 saturated carbocycles. The van der Waals surface area contributed by atoms with Crippen LogP contribution in [0.2, 0.25) is 0 Å². The Morgan fingerprint density at radius 1 is 0.755 bits per heavy atom. The number of aliphatic hydroxyl groups is 1. The average molecular weight is 720 g/mol. The number of ether oxygens (including phenoxy) is 2. The molecule has 0 rings (SSSR count). The predicted molar refractivity (Wildman–Crippen MR) is 192 cm³/mol. The van der Waals surface area contributed by atoms with E-state index in [1.165, 1.54) is 63.9 Å². The summed E-state index contributed by atoms with van der Waals surface area (Å²) in [4.78, 5) is 47.5. The molecule has 3 atom stereocenters. The molecule has 0 aromatic carbocycles. The van der Waals surface area contributed by atoms with Crippen LogP contribution in [0.4, 0.5) is 0 Å². The molecule has 0 aromatic heterocycles. The van der Waals surface area contributed by atoms with Crippen molar-refractivity contribution < 1.29 is 52.0 Å². The van der Waals surface area contributed by atoms with Crippen LogP contribution in [0.5, 0.6) is 0 Å². The van der Waals surface area contributed by atoms with Gasteiger partial charge in [0.1, 0.15) is 26.0 Å². The highest BCUT2D eigenvalue weighted by molar-refractivity contribution is 7.45. The van der Waals surface area contributed by atoms with E-state index in [0.29, 0.717) is 43.0 Å². The fourth-order valence-electron chi connectivity index (χ4n) is 5.13. The number of phosphoric ester groups is 1. The molecule has 0 amide bonds. The third-order valence-corrected chi connectivity index (χ3v) is 9.15. The normalized spacial score (nSPS) is 14.4. The Hall–Kier alpha value is -1.62. The van der Waals surface area contributed by atoms with Crippen molar-refractivity contribution >= 4 is 26.0 Å². The number of esters is 2. The summed E-state index contributed by atoms with van der Waals surface area (Å²) in [6.07, 6.45) is 23.3. The van der Waals surface area contributed by atoms with Gasteiger partial charge in [-0.3, -0.25) is 18.9 Å². The lowest BCUT2D eigenvalue weighted by molar-refractivity contribution is -0.870. The van der Waals surface area contributed by atoms with Crippen LogP contribution in [0, 0.1) is 0 Å². The van der Waals surface area contributed by atoms with Gasteiger partial charge in [0.15, 0.2) is 6.10 Å². The minimum atomic E-state index is -4.65. The fourth-order valence-corrected chi connectivity index (χ4v) is 5.86. The number of aldehydes is 1. The molecule has 0 aromatic rings. The molecule has 49 heavy (non-hydrogen) atoms. The molecule has 0 radical (unpaired) electrons. The molecule has 0 aliphatic heterocycles. The average Bonchev–Trinajstić information content (AvgIpc) is 3.03. The summed E-state index contributed by atoms with van der Waals surface area (Å²) in [5.41, 5.74) is 0. The Morgan fingerprint density at radius 2 is 1.27 bits per heavy atom. The van der Waals surface area contributed by atoms with E-state index in [-0.39, 0.29) is 26.1 Å². The molecule has 0 fully saturated rings. The Kier molecular flexibility index (Phi) is 30.1. The number of unbranched alkanes of at least 4 members (excludes halogenated alkanes) is 16. The molecule has 0 aliphatic carbocycles. The molecule has 12 heteroatoms. The summed E-state index contributed by atoms with van der Waals surface area (Å²) >= 11 is 0. The SMILES string of the molecule is CCCCCCCCCCCCCCCC(=O)OCC(COP(=O)([O-])OCC[N+](C)(C)C)OC(=O)CCCCCCCC(O)C/C=C/C=O. The van der Waals surface area contributed by atoms with Crippen molar-refractivity contribution in [2.45, 2.75) is 160 Å². The number of phosphoric acid groups is 1. The van der Waals surface area contributed by atoms with Crippen molar-refractivity contribution in [3.05, 3.63) is 12.2 Å². The highest BCUT2D eigenvalue weighted by Crippen LogP contribution is 2.38. The van der Waals surface area contributed by atoms with Crippen LogP contribution >= 0.6 is 7.82 Å². The second kappa shape index (κ2) is 31.1. The number of rotatable bonds is 35. The smallest absolute Gasteiger partial charge is 0.306 e. The number of hydrogen-bond donors (Lipinski definition) is 1. The van der Waals surface area contributed by atoms with Crippen LogP contribution in [-0.4, -0.2) is 87.5 Å². The minimum absolute atomic E-state index is 0.0565. The molecule has 0 bridgehead atoms. The Balaban J connectivity index is 4.46. The lowest BCUT2D eigenvalue weighted by Crippen LogP contribution is -2.37. The topological polar surface area (TPSA) is 148 Å². The van der Waals surface area contributed by atoms with E-state index in [0.717, 1.165) is 44.9 Å². The van der Waals surface area contributed by atoms with Gasteiger partial charge in [0.25, 0.3) is 7.82 Å². The first kappa shape index (κ1) is 47.4. The molecule has 0 aliphatic rings. The molecular formula is C37H70NO10P. The van der Waals surface area contributed by atoms with E-state index >= 15 is 0 Å². The highest BCUT2D eigenvalue weighted by Gasteiger charge is 2.21. The van der Waals surface area contributed by atoms with Gasteiger partial charge in [-0.1, -0.05) is 116 Å². The van der Waals surface area contributed by atoms with Gasteiger partial charge in [-0.2, -0.15) is 0 Å². The van der Waals surface area contributed by atoms with E-state index < -0.39 is 38.6 Å². The maximum atomic E-state index is 12.6. The lowest BCUT2D eigenvalue weighted by atomic mass is 10.0. The summed E-state index contributed by atoms with van der Waals surface area (Å²) < 4.78 is 33.6. The van der Waals surface area contributed by atoms with Crippen LogP contribution in [-0.2, 0) is 37.5 Å². The van der Waals surface area contributed by atoms with Gasteiger partial charge in [-0.25, -0.2) is 0 Å². The largest absolute Gasteiger partial charge is 0.756 e. The summed E-state index contributed by atoms with van der Waals surface area (Å²) in [7, 11) is 1.07. The molecule has 288 valence electrons. The molecule has 1 N–H and O–H groups in total. The number of likely N-dealkylation sites (N-methyl/N-ethyl adjacent to an activating group) is 1. The van der Waals surface area contributed by atoms with E-state index in [1.807, 2.05) is 21.1 Å². The van der Waals surface area contributed by atoms with Gasteiger partial charge >= 0.3 is 11.9 Å². The van der Waals surface area contributed by atoms with E-state index in [9.17, 15) is 28.9 Å². The van der Waals surface area contributed by atoms with Crippen molar-refractivity contribution in [3.8, 4) is 0 Å². The van der Waals surface area contributed by atoms with Crippen LogP contribution in [0.25, 0.3) is 0 Å². The summed E-state index contributed by atoms with van der Waals surface area (Å²) in [5, 5.41) is 9.89. The number of aliphatic hydroxyl groups excluding tert-OH is 1. The standard InChI is InChI=1S/C37H70NO10P/c1-5-6-7-8-9-10-11-12-13-14-15-18-21-27-36(41)45-32-35(33-47-49(43,44)46-31-29-38(2,3)4)48-37(42)28-22-19-16-17-20-25-34(40)26-23-24-30-39/h23-24,30,34-35,40H,5-22,25-29,31-33H2,1-4H3/b24-23+. The lowest BCUT2D eigenvalue weighted by Gasteiger charge is -2.28. The van der Waals surface area contributed by atoms with Gasteiger partial charge in [0.05, 0.1) is 33.9 Å². The second-order valence-electron chi connectivity index (χ2n) is 14.1. The van der Waals surface area contributed by atoms with Crippen LogP contribution in [0.15, 0.2) is 12.2 Å². The first-order chi connectivity index (χ1) is 23.4. The fraction of sp³-hybridized carbons (Fsp3) is 0.865. The van der Waals surface area contributed by atoms with Gasteiger partial charge in [0.2, 0.25) is 0 Å². The number of carbonyl (C=O) groups excluding carboxylic acids is 3. The molecule has 3 unspecified atom stereocenters. The number of carbonyl (C=O) groups is 3. The number of nitrogens with zero attached hydrogens (tertiary/aromatic N) is 1. The summed E-state index contributed by atoms with van der Waals surface area (Å²) in [6.45, 7) is 1.82. The maximum absolute atomic E-state index is 12.6. The van der Waals surface area contributed by atoms with Crippen molar-refractivity contribution in [2.24, 2.45) is 0 Å². The summed E-state index contributed by atoms with van der Waals surface area (Å²) in [5.74, 6) is -0.941. The predicted octanol–water partition coefficient (Wildman–Crippen LogP) is 7.37. The first-order valence-corrected chi connectivity index (χ1v) is 20.4. The maximum Gasteiger partial charge on any atom is 0.306 e. The van der Waals surface area contributed by atoms with Crippen LogP contribution in [0.1, 0.15) is 148 Å². The van der Waals surface area contributed by atoms with E-state index in [4.69, 9.17) is 18.5 Å². The monoisotopic (exact) mass is 719 g/mol. The van der Waals surface area contributed by atoms with Crippen molar-refractivity contribution in [1.82, 2.24) is 0 Å². The molecule has 0 saturated heterocycles. The molecule has 0 heterocycles. The van der Waals surface area contributed by atoms with Gasteiger partial charge in [0, 0.05) is 12.8 Å². The molecule has 0 spiro atoms. The van der Waals surface area contributed by atoms with Gasteiger partial charge < -0.3 is 33.0 Å². The number of quaternary nitrogens is 1. The Morgan fingerprint density at radius 3 is 1.80 bits per heavy atom. The zero-order valence-corrected chi connectivity index (χ0v) is 32.2. The van der Waals surface area contributed by atoms with E-state index in [1.54, 1.807) is 6.08 Å². The second-order valence-corrected chi connectivity index (χ2v) is 15.5. The minimum Gasteiger partial charge on any atom is -0.756 e. The zero-order chi connectivity index (χ0) is 36.6. The molecular weight excluding hydrogens is 649 g/mol. The number of hydrogen-bond acceptors (Lipinski definition) is 10. The van der Waals surface area contributed by atoms with Gasteiger partial charge in [-0.15, -0.1) is 0 Å². The highest BCUT2D eigenvalue weighted by atomic mass is 31.2. The summed E-state index contributed by atoms with van der Waals surface area (Å²) in [6, 6.07) is 0. The van der Waals surface area contributed by atoms with Crippen LogP contribution < -0.4 is 4.89 Å². The third kappa shape index (κ3) is 34.6. The van der Waals surface area contributed by atoms with E-state index in [2.05, 4.69) is 6.92 Å². The van der Waals surface area contributed by atoms with Gasteiger partial charge in [-0.05, 0) is 31.8 Å². The Labute approximate surface area is 297 Å². The third-order valence-electron chi connectivity index (χ3n) is 8.18. The quantitative estimate of drug-likeness (QED) is 0.0176. The zero-order valence-electron chi connectivity index (χ0n) is 31.3. The van der Waals surface area contributed by atoms with Crippen LogP contribution in [0.3, 0.4) is 0 Å². The Bertz CT molecular complexity index is 908. The van der Waals surface area contributed by atoms with Crippen molar-refractivity contribution in [2.75, 3.05) is 47.5 Å². The number of allylic oxidation sites excluding steroid dienone is 1. The van der Waals surface area contributed by atoms with Crippen molar-refractivity contribution in [3.63, 3.8) is 0 Å². The first-order valence-electron chi connectivity index (χ1n) is 18.9. The van der Waals surface area contributed by atoms with Crippen molar-refractivity contribution in [1.29, 1.82) is 0 Å².